The number of aromatic nitrogens is 3. The van der Waals surface area contributed by atoms with Crippen molar-refractivity contribution in [3.05, 3.63) is 18.3 Å². The molecule has 7 nitrogen and oxygen atoms in total. The third-order valence-corrected chi connectivity index (χ3v) is 5.37. The molecule has 0 atom stereocenters. The van der Waals surface area contributed by atoms with Crippen molar-refractivity contribution in [1.29, 1.82) is 0 Å². The topological polar surface area (TPSA) is 77.3 Å². The third kappa shape index (κ3) is 2.06. The molecule has 0 aliphatic carbocycles. The largest absolute Gasteiger partial charge is 0.480 e. The highest BCUT2D eigenvalue weighted by atomic mass is 32.2. The molecule has 2 aromatic heterocycles. The van der Waals surface area contributed by atoms with Gasteiger partial charge in [-0.15, -0.1) is 0 Å². The van der Waals surface area contributed by atoms with Gasteiger partial charge in [0, 0.05) is 26.2 Å². The van der Waals surface area contributed by atoms with Gasteiger partial charge < -0.3 is 4.74 Å². The molecule has 0 radical (unpaired) electrons. The fourth-order valence-electron chi connectivity index (χ4n) is 1.40. The molecule has 0 saturated carbocycles. The summed E-state index contributed by atoms with van der Waals surface area (Å²) in [6.45, 7) is 0. The Bertz CT molecular complexity index is 646. The molecular weight excluding hydrogens is 276 g/mol. The maximum atomic E-state index is 12.3. The summed E-state index contributed by atoms with van der Waals surface area (Å²) in [5.74, 6) is 0.763. The molecule has 2 heterocycles. The number of nitrogens with zero attached hydrogens (tertiary/aromatic N) is 4. The molecule has 0 aliphatic rings. The van der Waals surface area contributed by atoms with Crippen molar-refractivity contribution < 1.29 is 13.2 Å². The Hall–Kier alpha value is -1.61. The normalized spacial score (nSPS) is 11.5. The number of sulfonamides is 1. The molecule has 0 amide bonds. The van der Waals surface area contributed by atoms with Crippen molar-refractivity contribution in [2.24, 2.45) is 7.05 Å². The van der Waals surface area contributed by atoms with E-state index in [1.165, 1.54) is 31.1 Å². The molecule has 0 saturated heterocycles. The molecule has 0 fully saturated rings. The molecule has 98 valence electrons. The van der Waals surface area contributed by atoms with E-state index in [0.29, 0.717) is 5.82 Å². The molecule has 0 spiro atoms. The first-order valence-electron chi connectivity index (χ1n) is 4.94. The van der Waals surface area contributed by atoms with Crippen LogP contribution >= 0.6 is 11.5 Å². The van der Waals surface area contributed by atoms with E-state index in [2.05, 4.69) is 9.47 Å². The minimum atomic E-state index is -3.63. The quantitative estimate of drug-likeness (QED) is 0.828. The summed E-state index contributed by atoms with van der Waals surface area (Å²) in [6, 6.07) is 3.02. The minimum Gasteiger partial charge on any atom is -0.480 e. The van der Waals surface area contributed by atoms with Crippen LogP contribution in [0.25, 0.3) is 0 Å². The van der Waals surface area contributed by atoms with E-state index in [1.807, 2.05) is 0 Å². The lowest BCUT2D eigenvalue weighted by Gasteiger charge is -2.17. The number of hydrogen-bond acceptors (Lipinski definition) is 6. The van der Waals surface area contributed by atoms with Crippen molar-refractivity contribution >= 4 is 27.4 Å². The fourth-order valence-corrected chi connectivity index (χ4v) is 3.62. The zero-order chi connectivity index (χ0) is 13.3. The first-order chi connectivity index (χ1) is 8.46. The van der Waals surface area contributed by atoms with Gasteiger partial charge in [-0.25, -0.2) is 8.42 Å². The maximum absolute atomic E-state index is 12.3. The SMILES string of the molecule is COc1cc(S(=O)(=O)N(C)c2ccnn2C)sn1. The Labute approximate surface area is 109 Å². The van der Waals surface area contributed by atoms with Crippen LogP contribution in [0.15, 0.2) is 22.5 Å². The average molecular weight is 288 g/mol. The predicted octanol–water partition coefficient (Wildman–Crippen LogP) is 0.710. The minimum absolute atomic E-state index is 0.128. The lowest BCUT2D eigenvalue weighted by atomic mass is 10.6. The van der Waals surface area contributed by atoms with Crippen LogP contribution in [0.2, 0.25) is 0 Å². The Morgan fingerprint density at radius 3 is 2.72 bits per heavy atom. The predicted molar refractivity (Wildman–Crippen MR) is 67.5 cm³/mol. The second kappa shape index (κ2) is 4.58. The summed E-state index contributed by atoms with van der Waals surface area (Å²) >= 11 is 0.878. The van der Waals surface area contributed by atoms with Gasteiger partial charge in [0.1, 0.15) is 5.82 Å². The first kappa shape index (κ1) is 12.8. The van der Waals surface area contributed by atoms with Gasteiger partial charge in [-0.2, -0.15) is 9.47 Å². The Kier molecular flexibility index (Phi) is 3.26. The average Bonchev–Trinajstić information content (AvgIpc) is 2.96. The van der Waals surface area contributed by atoms with Crippen molar-refractivity contribution in [3.63, 3.8) is 0 Å². The standard InChI is InChI=1S/C9H12N4O3S2/c1-12-8(4-5-10-12)13(2)18(14,15)9-6-7(16-3)11-17-9/h4-6H,1-3H3. The van der Waals surface area contributed by atoms with E-state index in [4.69, 9.17) is 4.74 Å². The molecular formula is C9H12N4O3S2. The van der Waals surface area contributed by atoms with Crippen LogP contribution < -0.4 is 9.04 Å². The lowest BCUT2D eigenvalue weighted by molar-refractivity contribution is 0.402. The number of hydrogen-bond donors (Lipinski definition) is 0. The highest BCUT2D eigenvalue weighted by Gasteiger charge is 2.26. The monoisotopic (exact) mass is 288 g/mol. The van der Waals surface area contributed by atoms with E-state index < -0.39 is 10.0 Å². The van der Waals surface area contributed by atoms with Crippen LogP contribution in [-0.4, -0.2) is 36.7 Å². The maximum Gasteiger partial charge on any atom is 0.276 e. The number of methoxy groups -OCH3 is 1. The van der Waals surface area contributed by atoms with Crippen LogP contribution in [0, 0.1) is 0 Å². The summed E-state index contributed by atoms with van der Waals surface area (Å²) in [6.07, 6.45) is 1.54. The summed E-state index contributed by atoms with van der Waals surface area (Å²) in [4.78, 5) is 0. The van der Waals surface area contributed by atoms with Gasteiger partial charge >= 0.3 is 0 Å². The molecule has 18 heavy (non-hydrogen) atoms. The van der Waals surface area contributed by atoms with Gasteiger partial charge in [0.05, 0.1) is 13.3 Å². The second-order valence-electron chi connectivity index (χ2n) is 3.47. The summed E-state index contributed by atoms with van der Waals surface area (Å²) in [5, 5.41) is 3.94. The van der Waals surface area contributed by atoms with Crippen LogP contribution in [0.4, 0.5) is 5.82 Å². The van der Waals surface area contributed by atoms with Crippen molar-refractivity contribution in [2.75, 3.05) is 18.5 Å². The molecule has 0 bridgehead atoms. The molecule has 0 unspecified atom stereocenters. The third-order valence-electron chi connectivity index (χ3n) is 2.41. The lowest BCUT2D eigenvalue weighted by Crippen LogP contribution is -2.27. The van der Waals surface area contributed by atoms with E-state index >= 15 is 0 Å². The van der Waals surface area contributed by atoms with Crippen LogP contribution in [0.1, 0.15) is 0 Å². The van der Waals surface area contributed by atoms with Gasteiger partial charge in [0.2, 0.25) is 5.88 Å². The number of anilines is 1. The highest BCUT2D eigenvalue weighted by molar-refractivity contribution is 7.94. The molecule has 0 aliphatic heterocycles. The van der Waals surface area contributed by atoms with Gasteiger partial charge in [-0.05, 0) is 11.5 Å². The van der Waals surface area contributed by atoms with Crippen LogP contribution in [0.3, 0.4) is 0 Å². The van der Waals surface area contributed by atoms with Crippen LogP contribution in [-0.2, 0) is 17.1 Å². The Morgan fingerprint density at radius 1 is 1.50 bits per heavy atom. The second-order valence-corrected chi connectivity index (χ2v) is 6.47. The Balaban J connectivity index is 2.40. The van der Waals surface area contributed by atoms with Gasteiger partial charge in [0.25, 0.3) is 10.0 Å². The van der Waals surface area contributed by atoms with Gasteiger partial charge in [-0.1, -0.05) is 0 Å². The number of ether oxygens (including phenoxy) is 1. The summed E-state index contributed by atoms with van der Waals surface area (Å²) < 4.78 is 36.2. The summed E-state index contributed by atoms with van der Waals surface area (Å²) in [5.41, 5.74) is 0. The van der Waals surface area contributed by atoms with Crippen molar-refractivity contribution in [3.8, 4) is 5.88 Å². The van der Waals surface area contributed by atoms with E-state index in [1.54, 1.807) is 13.1 Å². The zero-order valence-corrected chi connectivity index (χ0v) is 11.7. The molecule has 0 N–H and O–H groups in total. The molecule has 0 aromatic carbocycles. The molecule has 2 rings (SSSR count). The fraction of sp³-hybridized carbons (Fsp3) is 0.333. The van der Waals surface area contributed by atoms with Gasteiger partial charge in [0.15, 0.2) is 4.21 Å². The summed E-state index contributed by atoms with van der Waals surface area (Å²) in [7, 11) is 0.962. The Morgan fingerprint density at radius 2 is 2.22 bits per heavy atom. The smallest absolute Gasteiger partial charge is 0.276 e. The van der Waals surface area contributed by atoms with E-state index in [-0.39, 0.29) is 10.1 Å². The number of rotatable bonds is 4. The van der Waals surface area contributed by atoms with E-state index in [9.17, 15) is 8.42 Å². The first-order valence-corrected chi connectivity index (χ1v) is 7.16. The van der Waals surface area contributed by atoms with Crippen LogP contribution in [0.5, 0.6) is 5.88 Å². The van der Waals surface area contributed by atoms with Crippen molar-refractivity contribution in [1.82, 2.24) is 14.2 Å². The molecule has 2 aromatic rings. The van der Waals surface area contributed by atoms with E-state index in [0.717, 1.165) is 15.8 Å². The number of aryl methyl sites for hydroxylation is 1. The molecule has 9 heteroatoms. The zero-order valence-electron chi connectivity index (χ0n) is 10.1. The van der Waals surface area contributed by atoms with Gasteiger partial charge in [-0.3, -0.25) is 8.99 Å². The van der Waals surface area contributed by atoms with Crippen molar-refractivity contribution in [2.45, 2.75) is 4.21 Å². The highest BCUT2D eigenvalue weighted by Crippen LogP contribution is 2.26.